The van der Waals surface area contributed by atoms with Gasteiger partial charge in [0, 0.05) is 24.7 Å². The largest absolute Gasteiger partial charge is 0.264 e. The van der Waals surface area contributed by atoms with Crippen molar-refractivity contribution in [2.75, 3.05) is 0 Å². The molecule has 1 aliphatic rings. The molecule has 1 aliphatic carbocycles. The van der Waals surface area contributed by atoms with Crippen LogP contribution in [0.15, 0.2) is 24.5 Å². The van der Waals surface area contributed by atoms with Crippen LogP contribution in [0.1, 0.15) is 36.0 Å². The molecule has 4 heteroatoms. The third kappa shape index (κ3) is 2.10. The number of aromatic nitrogens is 4. The van der Waals surface area contributed by atoms with E-state index in [4.69, 9.17) is 0 Å². The molecule has 0 amide bonds. The van der Waals surface area contributed by atoms with Gasteiger partial charge in [0.2, 0.25) is 0 Å². The van der Waals surface area contributed by atoms with Gasteiger partial charge in [0.1, 0.15) is 5.82 Å². The minimum atomic E-state index is 0.628. The second kappa shape index (κ2) is 4.04. The molecule has 2 aromatic rings. The average Bonchev–Trinajstić information content (AvgIpc) is 3.08. The fourth-order valence-corrected chi connectivity index (χ4v) is 1.75. The lowest BCUT2D eigenvalue weighted by molar-refractivity contribution is 0.861. The molecule has 0 atom stereocenters. The van der Waals surface area contributed by atoms with Gasteiger partial charge in [-0.1, -0.05) is 6.07 Å². The predicted molar refractivity (Wildman–Crippen MR) is 60.0 cm³/mol. The Kier molecular flexibility index (Phi) is 2.40. The van der Waals surface area contributed by atoms with Crippen molar-refractivity contribution in [1.82, 2.24) is 20.2 Å². The summed E-state index contributed by atoms with van der Waals surface area (Å²) >= 11 is 0. The molecule has 16 heavy (non-hydrogen) atoms. The average molecular weight is 214 g/mol. The zero-order chi connectivity index (χ0) is 10.8. The van der Waals surface area contributed by atoms with Crippen LogP contribution < -0.4 is 0 Å². The molecule has 1 N–H and O–H groups in total. The number of pyridine rings is 1. The summed E-state index contributed by atoms with van der Waals surface area (Å²) in [6, 6.07) is 4.05. The Bertz CT molecular complexity index is 459. The van der Waals surface area contributed by atoms with E-state index in [1.807, 2.05) is 12.3 Å². The minimum Gasteiger partial charge on any atom is -0.264 e. The third-order valence-electron chi connectivity index (χ3n) is 2.86. The lowest BCUT2D eigenvalue weighted by Crippen LogP contribution is -1.94. The third-order valence-corrected chi connectivity index (χ3v) is 2.86. The second-order valence-electron chi connectivity index (χ2n) is 4.28. The molecule has 0 saturated heterocycles. The zero-order valence-corrected chi connectivity index (χ0v) is 9.06. The fraction of sp³-hybridized carbons (Fsp3) is 0.417. The molecule has 3 rings (SSSR count). The first-order valence-electron chi connectivity index (χ1n) is 5.72. The molecular formula is C12H14N4. The maximum Gasteiger partial charge on any atom is 0.153 e. The minimum absolute atomic E-state index is 0.628. The summed E-state index contributed by atoms with van der Waals surface area (Å²) in [6.07, 6.45) is 8.07. The number of aromatic amines is 1. The first kappa shape index (κ1) is 9.51. The van der Waals surface area contributed by atoms with E-state index >= 15 is 0 Å². The van der Waals surface area contributed by atoms with Crippen LogP contribution in [0.25, 0.3) is 0 Å². The highest BCUT2D eigenvalue weighted by atomic mass is 15.2. The Morgan fingerprint density at radius 1 is 1.31 bits per heavy atom. The van der Waals surface area contributed by atoms with Crippen LogP contribution in [0.3, 0.4) is 0 Å². The molecule has 2 aromatic heterocycles. The van der Waals surface area contributed by atoms with E-state index in [0.29, 0.717) is 5.92 Å². The van der Waals surface area contributed by atoms with Crippen LogP contribution in [-0.4, -0.2) is 20.2 Å². The van der Waals surface area contributed by atoms with Crippen molar-refractivity contribution in [3.63, 3.8) is 0 Å². The van der Waals surface area contributed by atoms with Crippen LogP contribution in [0, 0.1) is 0 Å². The van der Waals surface area contributed by atoms with Gasteiger partial charge in [-0.25, -0.2) is 4.98 Å². The number of H-pyrrole nitrogens is 1. The van der Waals surface area contributed by atoms with Crippen LogP contribution in [0.4, 0.5) is 0 Å². The molecule has 4 nitrogen and oxygen atoms in total. The van der Waals surface area contributed by atoms with Gasteiger partial charge >= 0.3 is 0 Å². The molecular weight excluding hydrogens is 200 g/mol. The summed E-state index contributed by atoms with van der Waals surface area (Å²) in [7, 11) is 0. The van der Waals surface area contributed by atoms with E-state index in [1.54, 1.807) is 6.20 Å². The predicted octanol–water partition coefficient (Wildman–Crippen LogP) is 1.86. The standard InChI is InChI=1S/C12H14N4/c1-2-9(8-13-7-1)3-6-11-14-12(16-15-11)10-4-5-10/h1-2,7-8,10H,3-6H2,(H,14,15,16). The van der Waals surface area contributed by atoms with Crippen molar-refractivity contribution < 1.29 is 0 Å². The summed E-state index contributed by atoms with van der Waals surface area (Å²) in [5.41, 5.74) is 1.24. The van der Waals surface area contributed by atoms with Gasteiger partial charge < -0.3 is 0 Å². The molecule has 0 aliphatic heterocycles. The number of aryl methyl sites for hydroxylation is 2. The molecule has 2 heterocycles. The lowest BCUT2D eigenvalue weighted by atomic mass is 10.1. The molecule has 1 fully saturated rings. The second-order valence-corrected chi connectivity index (χ2v) is 4.28. The topological polar surface area (TPSA) is 54.5 Å². The quantitative estimate of drug-likeness (QED) is 0.845. The number of rotatable bonds is 4. The summed E-state index contributed by atoms with van der Waals surface area (Å²) in [5.74, 6) is 2.62. The Morgan fingerprint density at radius 2 is 2.25 bits per heavy atom. The van der Waals surface area contributed by atoms with Gasteiger partial charge in [-0.3, -0.25) is 10.1 Å². The van der Waals surface area contributed by atoms with Crippen LogP contribution >= 0.6 is 0 Å². The van der Waals surface area contributed by atoms with E-state index < -0.39 is 0 Å². The van der Waals surface area contributed by atoms with E-state index in [2.05, 4.69) is 26.2 Å². The maximum absolute atomic E-state index is 4.50. The van der Waals surface area contributed by atoms with Crippen molar-refractivity contribution in [3.05, 3.63) is 41.7 Å². The van der Waals surface area contributed by atoms with E-state index in [1.165, 1.54) is 18.4 Å². The fourth-order valence-electron chi connectivity index (χ4n) is 1.75. The van der Waals surface area contributed by atoms with Gasteiger partial charge in [0.25, 0.3) is 0 Å². The Hall–Kier alpha value is -1.71. The van der Waals surface area contributed by atoms with Crippen molar-refractivity contribution in [3.8, 4) is 0 Å². The molecule has 1 saturated carbocycles. The summed E-state index contributed by atoms with van der Waals surface area (Å²) in [5, 5.41) is 7.25. The van der Waals surface area contributed by atoms with Crippen LogP contribution in [0.2, 0.25) is 0 Å². The van der Waals surface area contributed by atoms with E-state index in [-0.39, 0.29) is 0 Å². The van der Waals surface area contributed by atoms with Gasteiger partial charge in [-0.2, -0.15) is 5.10 Å². The van der Waals surface area contributed by atoms with Crippen molar-refractivity contribution in [1.29, 1.82) is 0 Å². The highest BCUT2D eigenvalue weighted by molar-refractivity contribution is 5.11. The number of hydrogen-bond donors (Lipinski definition) is 1. The van der Waals surface area contributed by atoms with Gasteiger partial charge in [-0.15, -0.1) is 0 Å². The molecule has 82 valence electrons. The van der Waals surface area contributed by atoms with Crippen LogP contribution in [0.5, 0.6) is 0 Å². The lowest BCUT2D eigenvalue weighted by Gasteiger charge is -1.96. The summed E-state index contributed by atoms with van der Waals surface area (Å²) in [4.78, 5) is 8.59. The maximum atomic E-state index is 4.50. The molecule has 0 spiro atoms. The number of nitrogens with zero attached hydrogens (tertiary/aromatic N) is 3. The highest BCUT2D eigenvalue weighted by Gasteiger charge is 2.27. The smallest absolute Gasteiger partial charge is 0.153 e. The van der Waals surface area contributed by atoms with Gasteiger partial charge in [0.15, 0.2) is 5.82 Å². The summed E-state index contributed by atoms with van der Waals surface area (Å²) in [6.45, 7) is 0. The SMILES string of the molecule is c1cncc(CCc2nc(C3CC3)n[nH]2)c1. The Labute approximate surface area is 94.1 Å². The normalized spacial score (nSPS) is 15.2. The first-order valence-corrected chi connectivity index (χ1v) is 5.72. The monoisotopic (exact) mass is 214 g/mol. The molecule has 0 bridgehead atoms. The molecule has 0 unspecified atom stereocenters. The van der Waals surface area contributed by atoms with Crippen LogP contribution in [-0.2, 0) is 12.8 Å². The number of hydrogen-bond acceptors (Lipinski definition) is 3. The van der Waals surface area contributed by atoms with Crippen molar-refractivity contribution in [2.45, 2.75) is 31.6 Å². The molecule has 0 aromatic carbocycles. The first-order chi connectivity index (χ1) is 7.92. The van der Waals surface area contributed by atoms with Gasteiger partial charge in [-0.05, 0) is 30.9 Å². The Morgan fingerprint density at radius 3 is 3.00 bits per heavy atom. The number of nitrogens with one attached hydrogen (secondary N) is 1. The van der Waals surface area contributed by atoms with E-state index in [0.717, 1.165) is 24.5 Å². The van der Waals surface area contributed by atoms with Crippen molar-refractivity contribution in [2.24, 2.45) is 0 Å². The van der Waals surface area contributed by atoms with Gasteiger partial charge in [0.05, 0.1) is 0 Å². The van der Waals surface area contributed by atoms with E-state index in [9.17, 15) is 0 Å². The highest BCUT2D eigenvalue weighted by Crippen LogP contribution is 2.37. The summed E-state index contributed by atoms with van der Waals surface area (Å²) < 4.78 is 0. The zero-order valence-electron chi connectivity index (χ0n) is 9.06. The molecule has 0 radical (unpaired) electrons. The Balaban J connectivity index is 1.61. The van der Waals surface area contributed by atoms with Crippen molar-refractivity contribution >= 4 is 0 Å².